The molecular formula is C22H22ClN3O2S. The van der Waals surface area contributed by atoms with E-state index in [1.165, 1.54) is 16.2 Å². The van der Waals surface area contributed by atoms with Crippen molar-refractivity contribution < 1.29 is 9.59 Å². The number of aryl methyl sites for hydroxylation is 1. The van der Waals surface area contributed by atoms with E-state index >= 15 is 0 Å². The van der Waals surface area contributed by atoms with Crippen LogP contribution >= 0.6 is 22.9 Å². The maximum Gasteiger partial charge on any atom is 0.273 e. The minimum absolute atomic E-state index is 0.0228. The van der Waals surface area contributed by atoms with Gasteiger partial charge in [0.1, 0.15) is 17.2 Å². The number of hydrogen-bond donors (Lipinski definition) is 1. The zero-order valence-corrected chi connectivity index (χ0v) is 17.9. The summed E-state index contributed by atoms with van der Waals surface area (Å²) >= 11 is 7.43. The molecule has 0 fully saturated rings. The number of anilines is 1. The molecule has 0 saturated heterocycles. The molecule has 0 radical (unpaired) electrons. The van der Waals surface area contributed by atoms with Crippen molar-refractivity contribution >= 4 is 40.4 Å². The fourth-order valence-electron chi connectivity index (χ4n) is 2.89. The lowest BCUT2D eigenvalue weighted by atomic mass is 10.2. The second-order valence-corrected chi connectivity index (χ2v) is 7.93. The highest BCUT2D eigenvalue weighted by Gasteiger charge is 2.21. The summed E-state index contributed by atoms with van der Waals surface area (Å²) in [5, 5.41) is 5.94. The highest BCUT2D eigenvalue weighted by molar-refractivity contribution is 7.13. The van der Waals surface area contributed by atoms with Gasteiger partial charge in [0.15, 0.2) is 0 Å². The Labute approximate surface area is 179 Å². The van der Waals surface area contributed by atoms with Crippen LogP contribution in [0.1, 0.15) is 29.4 Å². The number of benzene rings is 2. The van der Waals surface area contributed by atoms with Gasteiger partial charge in [-0.25, -0.2) is 4.98 Å². The molecular weight excluding hydrogens is 406 g/mol. The van der Waals surface area contributed by atoms with Crippen molar-refractivity contribution in [3.05, 3.63) is 70.2 Å². The van der Waals surface area contributed by atoms with Crippen molar-refractivity contribution in [1.82, 2.24) is 9.88 Å². The Hall–Kier alpha value is -2.70. The fourth-order valence-corrected chi connectivity index (χ4v) is 3.87. The molecule has 0 aliphatic heterocycles. The number of carbonyl (C=O) groups is 2. The Balaban J connectivity index is 1.72. The number of halogens is 1. The first-order valence-electron chi connectivity index (χ1n) is 9.34. The van der Waals surface area contributed by atoms with E-state index in [0.717, 1.165) is 28.2 Å². The molecule has 3 rings (SSSR count). The number of nitrogens with zero attached hydrogens (tertiary/aromatic N) is 2. The molecule has 1 N–H and O–H groups in total. The van der Waals surface area contributed by atoms with Crippen LogP contribution in [0.15, 0.2) is 53.9 Å². The number of hydrogen-bond acceptors (Lipinski definition) is 4. The van der Waals surface area contributed by atoms with Gasteiger partial charge in [0, 0.05) is 28.2 Å². The average Bonchev–Trinajstić information content (AvgIpc) is 3.19. The van der Waals surface area contributed by atoms with Crippen LogP contribution in [0.2, 0.25) is 5.02 Å². The Kier molecular flexibility index (Phi) is 7.01. The van der Waals surface area contributed by atoms with Crippen LogP contribution in [0, 0.1) is 6.92 Å². The van der Waals surface area contributed by atoms with Gasteiger partial charge in [-0.15, -0.1) is 11.3 Å². The molecule has 1 aromatic heterocycles. The summed E-state index contributed by atoms with van der Waals surface area (Å²) in [4.78, 5) is 31.5. The van der Waals surface area contributed by atoms with Gasteiger partial charge in [-0.3, -0.25) is 9.59 Å². The first-order valence-corrected chi connectivity index (χ1v) is 10.6. The third kappa shape index (κ3) is 5.43. The van der Waals surface area contributed by atoms with Crippen LogP contribution in [0.25, 0.3) is 10.6 Å². The third-order valence-electron chi connectivity index (χ3n) is 4.33. The van der Waals surface area contributed by atoms with Crippen LogP contribution in [-0.2, 0) is 4.79 Å². The van der Waals surface area contributed by atoms with Gasteiger partial charge in [-0.2, -0.15) is 0 Å². The summed E-state index contributed by atoms with van der Waals surface area (Å²) in [6.07, 6.45) is 0.745. The number of rotatable bonds is 7. The molecule has 3 aromatic rings. The summed E-state index contributed by atoms with van der Waals surface area (Å²) < 4.78 is 0. The summed E-state index contributed by atoms with van der Waals surface area (Å²) in [5.41, 5.74) is 2.92. The number of aromatic nitrogens is 1. The quantitative estimate of drug-likeness (QED) is 0.559. The maximum absolute atomic E-state index is 13.0. The molecule has 0 atom stereocenters. The second-order valence-electron chi connectivity index (χ2n) is 6.64. The molecule has 0 bridgehead atoms. The first-order chi connectivity index (χ1) is 14.0. The lowest BCUT2D eigenvalue weighted by Gasteiger charge is -2.21. The zero-order chi connectivity index (χ0) is 20.8. The second kappa shape index (κ2) is 9.67. The van der Waals surface area contributed by atoms with Crippen molar-refractivity contribution in [1.29, 1.82) is 0 Å². The van der Waals surface area contributed by atoms with Crippen LogP contribution in [-0.4, -0.2) is 34.8 Å². The highest BCUT2D eigenvalue weighted by Crippen LogP contribution is 2.26. The van der Waals surface area contributed by atoms with Gasteiger partial charge in [0.2, 0.25) is 5.91 Å². The lowest BCUT2D eigenvalue weighted by Crippen LogP contribution is -2.38. The lowest BCUT2D eigenvalue weighted by molar-refractivity contribution is -0.116. The summed E-state index contributed by atoms with van der Waals surface area (Å²) in [6.45, 7) is 4.35. The van der Waals surface area contributed by atoms with E-state index in [4.69, 9.17) is 11.6 Å². The van der Waals surface area contributed by atoms with Crippen molar-refractivity contribution in [3.63, 3.8) is 0 Å². The normalized spacial score (nSPS) is 10.6. The molecule has 1 heterocycles. The van der Waals surface area contributed by atoms with Gasteiger partial charge in [0.05, 0.1) is 0 Å². The first kappa shape index (κ1) is 21.0. The fraction of sp³-hybridized carbons (Fsp3) is 0.227. The number of carbonyl (C=O) groups excluding carboxylic acids is 2. The molecule has 0 aliphatic rings. The van der Waals surface area contributed by atoms with E-state index in [2.05, 4.69) is 10.3 Å². The monoisotopic (exact) mass is 427 g/mol. The predicted molar refractivity (Wildman–Crippen MR) is 119 cm³/mol. The van der Waals surface area contributed by atoms with E-state index in [9.17, 15) is 9.59 Å². The van der Waals surface area contributed by atoms with Gasteiger partial charge in [-0.1, -0.05) is 48.9 Å². The van der Waals surface area contributed by atoms with Crippen LogP contribution in [0.4, 0.5) is 5.69 Å². The van der Waals surface area contributed by atoms with E-state index in [1.54, 1.807) is 11.4 Å². The summed E-state index contributed by atoms with van der Waals surface area (Å²) in [6, 6.07) is 14.9. The standard InChI is InChI=1S/C22H22ClN3O2S/c1-3-11-26(13-20(27)24-18-10-5-4-7-15(18)2)22(28)19-14-29-21(25-19)16-8-6-9-17(23)12-16/h4-10,12,14H,3,11,13H2,1-2H3,(H,24,27). The van der Waals surface area contributed by atoms with Crippen molar-refractivity contribution in [3.8, 4) is 10.6 Å². The minimum atomic E-state index is -0.253. The molecule has 29 heavy (non-hydrogen) atoms. The van der Waals surface area contributed by atoms with Gasteiger partial charge in [0.25, 0.3) is 5.91 Å². The Morgan fingerprint density at radius 3 is 2.69 bits per heavy atom. The van der Waals surface area contributed by atoms with Crippen molar-refractivity contribution in [2.75, 3.05) is 18.4 Å². The molecule has 0 spiro atoms. The molecule has 2 amide bonds. The molecule has 0 aliphatic carbocycles. The highest BCUT2D eigenvalue weighted by atomic mass is 35.5. The minimum Gasteiger partial charge on any atom is -0.328 e. The predicted octanol–water partition coefficient (Wildman–Crippen LogP) is 5.26. The number of thiazole rings is 1. The molecule has 5 nitrogen and oxygen atoms in total. The molecule has 0 saturated carbocycles. The molecule has 150 valence electrons. The number of para-hydroxylation sites is 1. The Morgan fingerprint density at radius 1 is 1.17 bits per heavy atom. The van der Waals surface area contributed by atoms with Crippen LogP contribution in [0.5, 0.6) is 0 Å². The summed E-state index contributed by atoms with van der Waals surface area (Å²) in [5.74, 6) is -0.484. The average molecular weight is 428 g/mol. The van der Waals surface area contributed by atoms with E-state index in [1.807, 2.05) is 56.3 Å². The molecule has 7 heteroatoms. The Morgan fingerprint density at radius 2 is 1.97 bits per heavy atom. The van der Waals surface area contributed by atoms with Crippen molar-refractivity contribution in [2.24, 2.45) is 0 Å². The largest absolute Gasteiger partial charge is 0.328 e. The SMILES string of the molecule is CCCN(CC(=O)Nc1ccccc1C)C(=O)c1csc(-c2cccc(Cl)c2)n1. The zero-order valence-electron chi connectivity index (χ0n) is 16.3. The Bertz CT molecular complexity index is 1020. The summed E-state index contributed by atoms with van der Waals surface area (Å²) in [7, 11) is 0. The van der Waals surface area contributed by atoms with E-state index < -0.39 is 0 Å². The number of nitrogens with one attached hydrogen (secondary N) is 1. The smallest absolute Gasteiger partial charge is 0.273 e. The van der Waals surface area contributed by atoms with Gasteiger partial charge >= 0.3 is 0 Å². The molecule has 0 unspecified atom stereocenters. The maximum atomic E-state index is 13.0. The van der Waals surface area contributed by atoms with Crippen molar-refractivity contribution in [2.45, 2.75) is 20.3 Å². The van der Waals surface area contributed by atoms with Gasteiger partial charge in [-0.05, 0) is 37.1 Å². The van der Waals surface area contributed by atoms with Gasteiger partial charge < -0.3 is 10.2 Å². The van der Waals surface area contributed by atoms with E-state index in [0.29, 0.717) is 17.3 Å². The van der Waals surface area contributed by atoms with Crippen LogP contribution < -0.4 is 5.32 Å². The third-order valence-corrected chi connectivity index (χ3v) is 5.46. The number of amides is 2. The topological polar surface area (TPSA) is 62.3 Å². The van der Waals surface area contributed by atoms with E-state index in [-0.39, 0.29) is 18.4 Å². The molecule has 2 aromatic carbocycles. The van der Waals surface area contributed by atoms with Crippen LogP contribution in [0.3, 0.4) is 0 Å².